The Bertz CT molecular complexity index is 444. The van der Waals surface area contributed by atoms with Gasteiger partial charge in [0.25, 0.3) is 0 Å². The second-order valence-corrected chi connectivity index (χ2v) is 4.70. The van der Waals surface area contributed by atoms with Crippen LogP contribution in [0.3, 0.4) is 0 Å². The number of hydrogen-bond acceptors (Lipinski definition) is 1. The number of benzene rings is 1. The molecular formula is C13H12FS. The highest BCUT2D eigenvalue weighted by atomic mass is 32.1. The minimum absolute atomic E-state index is 0.130. The van der Waals surface area contributed by atoms with Crippen molar-refractivity contribution in [3.63, 3.8) is 0 Å². The predicted octanol–water partition coefficient (Wildman–Crippen LogP) is 4.48. The summed E-state index contributed by atoms with van der Waals surface area (Å²) in [6.45, 7) is 3.96. The maximum absolute atomic E-state index is 14.1. The number of halogens is 1. The van der Waals surface area contributed by atoms with E-state index in [9.17, 15) is 4.39 Å². The fourth-order valence-corrected chi connectivity index (χ4v) is 2.28. The Hall–Kier alpha value is -1.15. The summed E-state index contributed by atoms with van der Waals surface area (Å²) >= 11 is 1.56. The van der Waals surface area contributed by atoms with E-state index < -0.39 is 0 Å². The van der Waals surface area contributed by atoms with Gasteiger partial charge in [-0.1, -0.05) is 26.0 Å². The molecule has 0 atom stereocenters. The predicted molar refractivity (Wildman–Crippen MR) is 62.6 cm³/mol. The molecule has 1 aromatic heterocycles. The summed E-state index contributed by atoms with van der Waals surface area (Å²) in [6, 6.07) is 10.4. The van der Waals surface area contributed by atoms with Gasteiger partial charge in [0, 0.05) is 10.4 Å². The van der Waals surface area contributed by atoms with Crippen LogP contribution in [0, 0.1) is 11.9 Å². The van der Waals surface area contributed by atoms with Gasteiger partial charge < -0.3 is 0 Å². The third kappa shape index (κ3) is 1.95. The van der Waals surface area contributed by atoms with Crippen LogP contribution in [-0.2, 0) is 0 Å². The first-order valence-electron chi connectivity index (χ1n) is 4.94. The average Bonchev–Trinajstić information content (AvgIpc) is 2.70. The van der Waals surface area contributed by atoms with Crippen molar-refractivity contribution in [1.29, 1.82) is 0 Å². The second-order valence-electron chi connectivity index (χ2n) is 3.75. The molecule has 0 saturated heterocycles. The van der Waals surface area contributed by atoms with Gasteiger partial charge in [-0.3, -0.25) is 0 Å². The quantitative estimate of drug-likeness (QED) is 0.698. The van der Waals surface area contributed by atoms with Crippen LogP contribution in [0.1, 0.15) is 25.3 Å². The van der Waals surface area contributed by atoms with Crippen LogP contribution in [-0.4, -0.2) is 0 Å². The molecule has 0 amide bonds. The Balaban J connectivity index is 2.54. The minimum atomic E-state index is -0.130. The van der Waals surface area contributed by atoms with Gasteiger partial charge in [0.1, 0.15) is 5.82 Å². The summed E-state index contributed by atoms with van der Waals surface area (Å²) in [4.78, 5) is 0.975. The average molecular weight is 219 g/mol. The zero-order valence-corrected chi connectivity index (χ0v) is 9.57. The van der Waals surface area contributed by atoms with Crippen molar-refractivity contribution < 1.29 is 4.39 Å². The highest BCUT2D eigenvalue weighted by Crippen LogP contribution is 2.30. The molecule has 0 nitrogen and oxygen atoms in total. The lowest BCUT2D eigenvalue weighted by atomic mass is 9.99. The van der Waals surface area contributed by atoms with Crippen LogP contribution in [0.15, 0.2) is 29.6 Å². The fraction of sp³-hybridized carbons (Fsp3) is 0.231. The van der Waals surface area contributed by atoms with Crippen LogP contribution in [0.25, 0.3) is 10.4 Å². The molecule has 15 heavy (non-hydrogen) atoms. The lowest BCUT2D eigenvalue weighted by molar-refractivity contribution is 0.601. The maximum atomic E-state index is 14.1. The van der Waals surface area contributed by atoms with Gasteiger partial charge in [-0.2, -0.15) is 0 Å². The van der Waals surface area contributed by atoms with Crippen molar-refractivity contribution in [2.45, 2.75) is 19.8 Å². The van der Waals surface area contributed by atoms with Gasteiger partial charge in [-0.25, -0.2) is 4.39 Å². The van der Waals surface area contributed by atoms with Crippen molar-refractivity contribution >= 4 is 11.3 Å². The Kier molecular flexibility index (Phi) is 2.87. The van der Waals surface area contributed by atoms with Crippen molar-refractivity contribution in [1.82, 2.24) is 0 Å². The Morgan fingerprint density at radius 3 is 2.73 bits per heavy atom. The van der Waals surface area contributed by atoms with E-state index in [4.69, 9.17) is 0 Å². The topological polar surface area (TPSA) is 0 Å². The fourth-order valence-electron chi connectivity index (χ4n) is 1.54. The van der Waals surface area contributed by atoms with Gasteiger partial charge in [-0.15, -0.1) is 11.3 Å². The van der Waals surface area contributed by atoms with E-state index in [0.717, 1.165) is 4.88 Å². The van der Waals surface area contributed by atoms with E-state index in [2.05, 4.69) is 6.07 Å². The number of hydrogen-bond donors (Lipinski definition) is 0. The van der Waals surface area contributed by atoms with Crippen molar-refractivity contribution in [3.05, 3.63) is 47.1 Å². The van der Waals surface area contributed by atoms with E-state index in [1.54, 1.807) is 23.5 Å². The monoisotopic (exact) mass is 219 g/mol. The smallest absolute Gasteiger partial charge is 0.135 e. The summed E-state index contributed by atoms with van der Waals surface area (Å²) in [5, 5.41) is 1.96. The zero-order chi connectivity index (χ0) is 10.8. The van der Waals surface area contributed by atoms with Crippen molar-refractivity contribution in [3.8, 4) is 10.4 Å². The zero-order valence-electron chi connectivity index (χ0n) is 8.75. The van der Waals surface area contributed by atoms with Crippen LogP contribution in [0.2, 0.25) is 0 Å². The van der Waals surface area contributed by atoms with E-state index in [-0.39, 0.29) is 11.7 Å². The third-order valence-electron chi connectivity index (χ3n) is 2.33. The summed E-state index contributed by atoms with van der Waals surface area (Å²) < 4.78 is 14.1. The highest BCUT2D eigenvalue weighted by Gasteiger charge is 2.12. The SMILES string of the molecule is CC(C)c1[c]ccc(-c2cccs2)c1F. The first-order chi connectivity index (χ1) is 7.20. The van der Waals surface area contributed by atoms with Gasteiger partial charge in [0.2, 0.25) is 0 Å². The second kappa shape index (κ2) is 4.15. The molecule has 0 fully saturated rings. The Morgan fingerprint density at radius 2 is 2.13 bits per heavy atom. The van der Waals surface area contributed by atoms with Gasteiger partial charge in [-0.05, 0) is 35.1 Å². The molecule has 0 saturated carbocycles. The van der Waals surface area contributed by atoms with Crippen LogP contribution in [0.4, 0.5) is 4.39 Å². The molecule has 0 bridgehead atoms. The summed E-state index contributed by atoms with van der Waals surface area (Å²) in [6.07, 6.45) is 0. The molecule has 77 valence electrons. The molecular weight excluding hydrogens is 207 g/mol. The summed E-state index contributed by atoms with van der Waals surface area (Å²) in [5.41, 5.74) is 1.35. The van der Waals surface area contributed by atoms with Crippen molar-refractivity contribution in [2.75, 3.05) is 0 Å². The third-order valence-corrected chi connectivity index (χ3v) is 3.23. The Labute approximate surface area is 93.4 Å². The van der Waals surface area contributed by atoms with Gasteiger partial charge >= 0.3 is 0 Å². The normalized spacial score (nSPS) is 10.9. The number of thiophene rings is 1. The number of rotatable bonds is 2. The molecule has 0 aliphatic heterocycles. The van der Waals surface area contributed by atoms with E-state index in [0.29, 0.717) is 11.1 Å². The van der Waals surface area contributed by atoms with Crippen molar-refractivity contribution in [2.24, 2.45) is 0 Å². The lowest BCUT2D eigenvalue weighted by Crippen LogP contribution is -1.95. The minimum Gasteiger partial charge on any atom is -0.206 e. The molecule has 0 unspecified atom stereocenters. The largest absolute Gasteiger partial charge is 0.206 e. The standard InChI is InChI=1S/C13H12FS/c1-9(2)10-5-3-6-11(13(10)14)12-7-4-8-15-12/h3-4,6-9H,1-2H3. The molecule has 0 spiro atoms. The van der Waals surface area contributed by atoms with E-state index in [1.165, 1.54) is 0 Å². The van der Waals surface area contributed by atoms with Gasteiger partial charge in [0.15, 0.2) is 0 Å². The summed E-state index contributed by atoms with van der Waals surface area (Å²) in [7, 11) is 0. The maximum Gasteiger partial charge on any atom is 0.135 e. The highest BCUT2D eigenvalue weighted by molar-refractivity contribution is 7.13. The van der Waals surface area contributed by atoms with Gasteiger partial charge in [0.05, 0.1) is 0 Å². The molecule has 1 radical (unpaired) electrons. The van der Waals surface area contributed by atoms with Crippen LogP contribution < -0.4 is 0 Å². The van der Waals surface area contributed by atoms with E-state index in [1.807, 2.05) is 31.4 Å². The molecule has 0 aliphatic rings. The lowest BCUT2D eigenvalue weighted by Gasteiger charge is -2.09. The molecule has 1 aromatic carbocycles. The molecule has 0 N–H and O–H groups in total. The van der Waals surface area contributed by atoms with Crippen LogP contribution in [0.5, 0.6) is 0 Å². The molecule has 0 aliphatic carbocycles. The Morgan fingerprint density at radius 1 is 1.33 bits per heavy atom. The molecule has 2 rings (SSSR count). The first kappa shape index (κ1) is 10.4. The summed E-state index contributed by atoms with van der Waals surface area (Å²) in [5.74, 6) is 0.0415. The van der Waals surface area contributed by atoms with E-state index >= 15 is 0 Å². The molecule has 1 heterocycles. The van der Waals surface area contributed by atoms with Crippen LogP contribution >= 0.6 is 11.3 Å². The first-order valence-corrected chi connectivity index (χ1v) is 5.82. The molecule has 2 aromatic rings. The molecule has 2 heteroatoms.